The molecule has 1 amide bonds. The van der Waals surface area contributed by atoms with Crippen LogP contribution in [-0.4, -0.2) is 76.3 Å². The summed E-state index contributed by atoms with van der Waals surface area (Å²) in [4.78, 5) is 40.1. The van der Waals surface area contributed by atoms with E-state index in [1.165, 1.54) is 0 Å². The van der Waals surface area contributed by atoms with E-state index in [0.29, 0.717) is 55.6 Å². The monoisotopic (exact) mass is 489 g/mol. The van der Waals surface area contributed by atoms with Gasteiger partial charge in [0.25, 0.3) is 11.5 Å². The van der Waals surface area contributed by atoms with Crippen molar-refractivity contribution in [1.82, 2.24) is 25.1 Å². The van der Waals surface area contributed by atoms with Crippen LogP contribution in [0.15, 0.2) is 47.7 Å². The zero-order valence-corrected chi connectivity index (χ0v) is 20.7. The summed E-state index contributed by atoms with van der Waals surface area (Å²) in [5, 5.41) is 6.46. The van der Waals surface area contributed by atoms with Gasteiger partial charge in [-0.2, -0.15) is 5.10 Å². The van der Waals surface area contributed by atoms with Gasteiger partial charge in [0.1, 0.15) is 12.4 Å². The van der Waals surface area contributed by atoms with E-state index in [9.17, 15) is 9.59 Å². The summed E-state index contributed by atoms with van der Waals surface area (Å²) >= 11 is 0. The number of benzene rings is 1. The Morgan fingerprint density at radius 3 is 2.64 bits per heavy atom. The molecule has 1 atom stereocenters. The fourth-order valence-corrected chi connectivity index (χ4v) is 4.82. The number of aromatic amines is 1. The number of aryl methyl sites for hydroxylation is 1. The molecule has 0 radical (unpaired) electrons. The first kappa shape index (κ1) is 23.8. The highest BCUT2D eigenvalue weighted by Gasteiger charge is 2.28. The Morgan fingerprint density at radius 1 is 1.08 bits per heavy atom. The van der Waals surface area contributed by atoms with Gasteiger partial charge in [-0.05, 0) is 50.5 Å². The molecule has 1 aromatic carbocycles. The average molecular weight is 490 g/mol. The summed E-state index contributed by atoms with van der Waals surface area (Å²) < 4.78 is 6.13. The van der Waals surface area contributed by atoms with E-state index in [1.54, 1.807) is 6.20 Å². The van der Waals surface area contributed by atoms with Crippen molar-refractivity contribution in [3.63, 3.8) is 0 Å². The Bertz CT molecular complexity index is 1270. The minimum Gasteiger partial charge on any atom is -0.491 e. The molecule has 36 heavy (non-hydrogen) atoms. The number of ether oxygens (including phenoxy) is 1. The number of nitrogens with one attached hydrogen (secondary N) is 1. The van der Waals surface area contributed by atoms with Crippen LogP contribution in [0.1, 0.15) is 34.3 Å². The molecule has 188 valence electrons. The highest BCUT2D eigenvalue weighted by molar-refractivity contribution is 5.94. The van der Waals surface area contributed by atoms with Gasteiger partial charge in [0.2, 0.25) is 5.95 Å². The SMILES string of the molecule is Cc1cnc(N2CCN(C(=O)c3cccc(OC[C@@H]4CCCN4c4cn[nH]c(=O)c4C)c3)CC2)nc1. The maximum absolute atomic E-state index is 13.2. The van der Waals surface area contributed by atoms with Crippen molar-refractivity contribution < 1.29 is 9.53 Å². The number of anilines is 2. The van der Waals surface area contributed by atoms with Gasteiger partial charge < -0.3 is 19.4 Å². The Labute approximate surface area is 209 Å². The molecule has 0 unspecified atom stereocenters. The largest absolute Gasteiger partial charge is 0.491 e. The van der Waals surface area contributed by atoms with Crippen LogP contribution in [0, 0.1) is 13.8 Å². The molecule has 0 aliphatic carbocycles. The Morgan fingerprint density at radius 2 is 1.86 bits per heavy atom. The molecule has 2 aliphatic rings. The summed E-state index contributed by atoms with van der Waals surface area (Å²) in [5.74, 6) is 1.37. The highest BCUT2D eigenvalue weighted by Crippen LogP contribution is 2.27. The van der Waals surface area contributed by atoms with E-state index in [-0.39, 0.29) is 17.5 Å². The number of piperazine rings is 1. The summed E-state index contributed by atoms with van der Waals surface area (Å²) in [5.41, 5.74) is 2.99. The first-order valence-corrected chi connectivity index (χ1v) is 12.4. The van der Waals surface area contributed by atoms with Crippen molar-refractivity contribution in [2.75, 3.05) is 49.1 Å². The first-order chi connectivity index (χ1) is 17.5. The van der Waals surface area contributed by atoms with Gasteiger partial charge in [-0.15, -0.1) is 0 Å². The smallest absolute Gasteiger partial charge is 0.269 e. The van der Waals surface area contributed by atoms with Gasteiger partial charge in [-0.3, -0.25) is 9.59 Å². The topological polar surface area (TPSA) is 108 Å². The standard InChI is InChI=1S/C26H31N7O3/c1-18-14-27-26(28-15-18)32-11-9-31(10-12-32)25(35)20-5-3-7-22(13-20)36-17-21-6-4-8-33(21)23-16-29-30-24(34)19(23)2/h3,5,7,13-16,21H,4,6,8-12,17H2,1-2H3,(H,30,34)/t21-/m0/s1. The number of amides is 1. The zero-order chi connectivity index (χ0) is 25.1. The molecule has 10 heteroatoms. The number of H-pyrrole nitrogens is 1. The fourth-order valence-electron chi connectivity index (χ4n) is 4.82. The molecule has 1 N–H and O–H groups in total. The molecule has 2 aliphatic heterocycles. The molecule has 2 fully saturated rings. The van der Waals surface area contributed by atoms with Gasteiger partial charge in [-0.25, -0.2) is 15.1 Å². The van der Waals surface area contributed by atoms with Crippen LogP contribution in [0.5, 0.6) is 5.75 Å². The maximum Gasteiger partial charge on any atom is 0.269 e. The summed E-state index contributed by atoms with van der Waals surface area (Å²) in [6.45, 7) is 7.72. The lowest BCUT2D eigenvalue weighted by Gasteiger charge is -2.34. The molecule has 3 aromatic rings. The number of nitrogens with zero attached hydrogens (tertiary/aromatic N) is 6. The van der Waals surface area contributed by atoms with E-state index >= 15 is 0 Å². The lowest BCUT2D eigenvalue weighted by molar-refractivity contribution is 0.0745. The summed E-state index contributed by atoms with van der Waals surface area (Å²) in [6.07, 6.45) is 7.33. The van der Waals surface area contributed by atoms with Crippen LogP contribution in [-0.2, 0) is 0 Å². The van der Waals surface area contributed by atoms with E-state index in [0.717, 1.165) is 30.6 Å². The third-order valence-corrected chi connectivity index (χ3v) is 6.90. The molecule has 0 bridgehead atoms. The number of carbonyl (C=O) groups is 1. The first-order valence-electron chi connectivity index (χ1n) is 12.4. The Hall–Kier alpha value is -3.95. The Kier molecular flexibility index (Phi) is 6.84. The molecule has 4 heterocycles. The fraction of sp³-hybridized carbons (Fsp3) is 0.423. The second-order valence-corrected chi connectivity index (χ2v) is 9.38. The highest BCUT2D eigenvalue weighted by atomic mass is 16.5. The predicted octanol–water partition coefficient (Wildman–Crippen LogP) is 2.19. The van der Waals surface area contributed by atoms with Gasteiger partial charge in [0.05, 0.1) is 17.9 Å². The molecule has 10 nitrogen and oxygen atoms in total. The van der Waals surface area contributed by atoms with E-state index in [4.69, 9.17) is 4.74 Å². The molecule has 5 rings (SSSR count). The third kappa shape index (κ3) is 5.02. The average Bonchev–Trinajstić information content (AvgIpc) is 3.38. The molecule has 2 saturated heterocycles. The van der Waals surface area contributed by atoms with Crippen LogP contribution in [0.4, 0.5) is 11.6 Å². The van der Waals surface area contributed by atoms with Crippen LogP contribution in [0.2, 0.25) is 0 Å². The number of hydrogen-bond donors (Lipinski definition) is 1. The maximum atomic E-state index is 13.2. The van der Waals surface area contributed by atoms with Crippen LogP contribution < -0.4 is 20.1 Å². The van der Waals surface area contributed by atoms with Gasteiger partial charge in [0, 0.05) is 56.2 Å². The minimum atomic E-state index is -0.169. The van der Waals surface area contributed by atoms with Gasteiger partial charge in [0.15, 0.2) is 0 Å². The van der Waals surface area contributed by atoms with E-state index < -0.39 is 0 Å². The lowest BCUT2D eigenvalue weighted by Crippen LogP contribution is -2.49. The van der Waals surface area contributed by atoms with Crippen molar-refractivity contribution in [2.24, 2.45) is 0 Å². The molecular formula is C26H31N7O3. The summed E-state index contributed by atoms with van der Waals surface area (Å²) in [6, 6.07) is 7.53. The van der Waals surface area contributed by atoms with Gasteiger partial charge >= 0.3 is 0 Å². The summed E-state index contributed by atoms with van der Waals surface area (Å²) in [7, 11) is 0. The van der Waals surface area contributed by atoms with Crippen molar-refractivity contribution in [3.8, 4) is 5.75 Å². The number of hydrogen-bond acceptors (Lipinski definition) is 8. The zero-order valence-electron chi connectivity index (χ0n) is 20.7. The minimum absolute atomic E-state index is 0.00220. The lowest BCUT2D eigenvalue weighted by atomic mass is 10.1. The molecule has 0 spiro atoms. The quantitative estimate of drug-likeness (QED) is 0.562. The normalized spacial score (nSPS) is 17.9. The van der Waals surface area contributed by atoms with Crippen LogP contribution in [0.3, 0.4) is 0 Å². The number of carbonyl (C=O) groups excluding carboxylic acids is 1. The van der Waals surface area contributed by atoms with Crippen molar-refractivity contribution in [1.29, 1.82) is 0 Å². The molecule has 2 aromatic heterocycles. The number of aromatic nitrogens is 4. The number of rotatable bonds is 6. The second kappa shape index (κ2) is 10.3. The van der Waals surface area contributed by atoms with E-state index in [2.05, 4.69) is 30.0 Å². The van der Waals surface area contributed by atoms with Crippen molar-refractivity contribution >= 4 is 17.5 Å². The van der Waals surface area contributed by atoms with Gasteiger partial charge in [-0.1, -0.05) is 6.07 Å². The van der Waals surface area contributed by atoms with Crippen LogP contribution >= 0.6 is 0 Å². The Balaban J connectivity index is 1.19. The van der Waals surface area contributed by atoms with Crippen LogP contribution in [0.25, 0.3) is 0 Å². The molecular weight excluding hydrogens is 458 g/mol. The van der Waals surface area contributed by atoms with Crippen molar-refractivity contribution in [2.45, 2.75) is 32.7 Å². The third-order valence-electron chi connectivity index (χ3n) is 6.90. The predicted molar refractivity (Wildman–Crippen MR) is 137 cm³/mol. The van der Waals surface area contributed by atoms with E-state index in [1.807, 2.05) is 55.4 Å². The molecule has 0 saturated carbocycles. The van der Waals surface area contributed by atoms with Crippen molar-refractivity contribution in [3.05, 3.63) is 69.9 Å². The second-order valence-electron chi connectivity index (χ2n) is 9.38.